The van der Waals surface area contributed by atoms with Crippen LogP contribution in [0.25, 0.3) is 0 Å². The number of rotatable bonds is 3. The number of hydrogen-bond donors (Lipinski definition) is 2. The van der Waals surface area contributed by atoms with Gasteiger partial charge in [0.05, 0.1) is 18.3 Å². The lowest BCUT2D eigenvalue weighted by Crippen LogP contribution is -2.47. The van der Waals surface area contributed by atoms with E-state index in [4.69, 9.17) is 0 Å². The third kappa shape index (κ3) is 2.86. The predicted octanol–water partition coefficient (Wildman–Crippen LogP) is 1.48. The van der Waals surface area contributed by atoms with Crippen LogP contribution >= 0.6 is 0 Å². The van der Waals surface area contributed by atoms with Crippen molar-refractivity contribution in [2.75, 3.05) is 0 Å². The second-order valence-corrected chi connectivity index (χ2v) is 6.24. The summed E-state index contributed by atoms with van der Waals surface area (Å²) in [5.74, 6) is 0.819. The van der Waals surface area contributed by atoms with Crippen LogP contribution in [-0.2, 0) is 4.79 Å². The molecule has 0 bridgehead atoms. The molecular formula is C14H26N2O2. The zero-order valence-corrected chi connectivity index (χ0v) is 11.7. The average molecular weight is 254 g/mol. The molecule has 2 fully saturated rings. The van der Waals surface area contributed by atoms with E-state index in [9.17, 15) is 9.90 Å². The molecule has 2 N–H and O–H groups in total. The minimum Gasteiger partial charge on any atom is -0.393 e. The van der Waals surface area contributed by atoms with Crippen molar-refractivity contribution in [2.45, 2.75) is 77.2 Å². The van der Waals surface area contributed by atoms with Crippen LogP contribution in [-0.4, -0.2) is 40.3 Å². The van der Waals surface area contributed by atoms with Crippen molar-refractivity contribution in [3.63, 3.8) is 0 Å². The molecule has 1 saturated carbocycles. The maximum Gasteiger partial charge on any atom is 0.240 e. The Balaban J connectivity index is 2.04. The largest absolute Gasteiger partial charge is 0.393 e. The Kier molecular flexibility index (Phi) is 4.28. The molecule has 1 saturated heterocycles. The first-order valence-corrected chi connectivity index (χ1v) is 7.25. The van der Waals surface area contributed by atoms with Crippen molar-refractivity contribution in [3.05, 3.63) is 0 Å². The van der Waals surface area contributed by atoms with Crippen LogP contribution in [0.5, 0.6) is 0 Å². The van der Waals surface area contributed by atoms with E-state index in [0.29, 0.717) is 12.0 Å². The van der Waals surface area contributed by atoms with Gasteiger partial charge in [-0.1, -0.05) is 13.8 Å². The fraction of sp³-hybridized carbons (Fsp3) is 0.929. The number of aliphatic hydroxyl groups excluding tert-OH is 1. The fourth-order valence-electron chi connectivity index (χ4n) is 3.22. The highest BCUT2D eigenvalue weighted by atomic mass is 16.3. The van der Waals surface area contributed by atoms with Crippen molar-refractivity contribution in [2.24, 2.45) is 5.92 Å². The Bertz CT molecular complexity index is 298. The van der Waals surface area contributed by atoms with Gasteiger partial charge in [-0.15, -0.1) is 0 Å². The van der Waals surface area contributed by atoms with Crippen LogP contribution in [0.2, 0.25) is 0 Å². The lowest BCUT2D eigenvalue weighted by atomic mass is 9.91. The van der Waals surface area contributed by atoms with Crippen molar-refractivity contribution in [1.82, 2.24) is 10.2 Å². The molecule has 0 aromatic carbocycles. The molecule has 1 aliphatic carbocycles. The first-order valence-electron chi connectivity index (χ1n) is 7.25. The number of nitrogens with zero attached hydrogens (tertiary/aromatic N) is 1. The van der Waals surface area contributed by atoms with E-state index in [1.165, 1.54) is 0 Å². The first-order chi connectivity index (χ1) is 8.49. The van der Waals surface area contributed by atoms with Gasteiger partial charge < -0.3 is 10.0 Å². The van der Waals surface area contributed by atoms with E-state index in [0.717, 1.165) is 32.1 Å². The summed E-state index contributed by atoms with van der Waals surface area (Å²) in [6, 6.07) is 0.266. The molecular weight excluding hydrogens is 228 g/mol. The number of amides is 1. The summed E-state index contributed by atoms with van der Waals surface area (Å²) in [5, 5.41) is 13.0. The monoisotopic (exact) mass is 254 g/mol. The Labute approximate surface area is 110 Å². The van der Waals surface area contributed by atoms with Crippen molar-refractivity contribution in [1.29, 1.82) is 0 Å². The standard InChI is InChI=1S/C14H26N2O2/c1-9(2)8-13-15-10(3)14(18)16(13)11-4-6-12(17)7-5-11/h9-13,15,17H,4-8H2,1-3H3. The minimum absolute atomic E-state index is 0.0550. The molecule has 104 valence electrons. The van der Waals surface area contributed by atoms with Crippen LogP contribution in [0.4, 0.5) is 0 Å². The molecule has 0 aromatic rings. The van der Waals surface area contributed by atoms with Gasteiger partial charge >= 0.3 is 0 Å². The number of aliphatic hydroxyl groups is 1. The van der Waals surface area contributed by atoms with Crippen molar-refractivity contribution < 1.29 is 9.90 Å². The lowest BCUT2D eigenvalue weighted by molar-refractivity contribution is -0.133. The summed E-state index contributed by atoms with van der Waals surface area (Å²) in [5.41, 5.74) is 0. The Hall–Kier alpha value is -0.610. The van der Waals surface area contributed by atoms with Crippen LogP contribution in [0, 0.1) is 5.92 Å². The molecule has 0 aromatic heterocycles. The molecule has 2 atom stereocenters. The number of nitrogens with one attached hydrogen (secondary N) is 1. The predicted molar refractivity (Wildman–Crippen MR) is 70.9 cm³/mol. The summed E-state index contributed by atoms with van der Waals surface area (Å²) in [7, 11) is 0. The Morgan fingerprint density at radius 1 is 1.33 bits per heavy atom. The van der Waals surface area contributed by atoms with Gasteiger partial charge in [0.15, 0.2) is 0 Å². The van der Waals surface area contributed by atoms with Crippen LogP contribution < -0.4 is 5.32 Å². The van der Waals surface area contributed by atoms with Gasteiger partial charge in [-0.2, -0.15) is 0 Å². The zero-order chi connectivity index (χ0) is 13.3. The topological polar surface area (TPSA) is 52.6 Å². The van der Waals surface area contributed by atoms with E-state index in [1.807, 2.05) is 6.92 Å². The molecule has 1 amide bonds. The Morgan fingerprint density at radius 2 is 1.94 bits per heavy atom. The molecule has 2 unspecified atom stereocenters. The Morgan fingerprint density at radius 3 is 2.50 bits per heavy atom. The molecule has 2 aliphatic rings. The molecule has 2 rings (SSSR count). The molecule has 0 spiro atoms. The number of carbonyl (C=O) groups excluding carboxylic acids is 1. The van der Waals surface area contributed by atoms with Crippen molar-refractivity contribution in [3.8, 4) is 0 Å². The summed E-state index contributed by atoms with van der Waals surface area (Å²) in [4.78, 5) is 14.3. The van der Waals surface area contributed by atoms with Crippen molar-refractivity contribution >= 4 is 5.91 Å². The molecule has 1 heterocycles. The minimum atomic E-state index is -0.159. The zero-order valence-electron chi connectivity index (χ0n) is 11.7. The van der Waals surface area contributed by atoms with E-state index in [2.05, 4.69) is 24.1 Å². The normalized spacial score (nSPS) is 37.6. The third-order valence-electron chi connectivity index (χ3n) is 4.16. The molecule has 0 radical (unpaired) electrons. The second kappa shape index (κ2) is 5.57. The second-order valence-electron chi connectivity index (χ2n) is 6.24. The molecule has 1 aliphatic heterocycles. The lowest BCUT2D eigenvalue weighted by Gasteiger charge is -2.37. The SMILES string of the molecule is CC(C)CC1NC(C)C(=O)N1C1CCC(O)CC1. The molecule has 4 heteroatoms. The maximum absolute atomic E-state index is 12.3. The highest BCUT2D eigenvalue weighted by molar-refractivity contribution is 5.84. The van der Waals surface area contributed by atoms with E-state index in [-0.39, 0.29) is 24.2 Å². The smallest absolute Gasteiger partial charge is 0.240 e. The van der Waals surface area contributed by atoms with Gasteiger partial charge in [0.1, 0.15) is 0 Å². The fourth-order valence-corrected chi connectivity index (χ4v) is 3.22. The number of carbonyl (C=O) groups is 1. The first kappa shape index (κ1) is 13.8. The van der Waals surface area contributed by atoms with Crippen LogP contribution in [0.1, 0.15) is 52.9 Å². The van der Waals surface area contributed by atoms with Crippen LogP contribution in [0.15, 0.2) is 0 Å². The van der Waals surface area contributed by atoms with E-state index < -0.39 is 0 Å². The van der Waals surface area contributed by atoms with E-state index in [1.54, 1.807) is 0 Å². The summed E-state index contributed by atoms with van der Waals surface area (Å²) in [6.45, 7) is 6.34. The summed E-state index contributed by atoms with van der Waals surface area (Å²) in [6.07, 6.45) is 4.58. The highest BCUT2D eigenvalue weighted by Crippen LogP contribution is 2.29. The summed E-state index contributed by atoms with van der Waals surface area (Å²) < 4.78 is 0. The van der Waals surface area contributed by atoms with Crippen LogP contribution in [0.3, 0.4) is 0 Å². The van der Waals surface area contributed by atoms with Gasteiger partial charge in [-0.3, -0.25) is 10.1 Å². The van der Waals surface area contributed by atoms with Gasteiger partial charge in [0.25, 0.3) is 0 Å². The quantitative estimate of drug-likeness (QED) is 0.802. The van der Waals surface area contributed by atoms with Gasteiger partial charge in [-0.05, 0) is 44.9 Å². The summed E-state index contributed by atoms with van der Waals surface area (Å²) >= 11 is 0. The average Bonchev–Trinajstić information content (AvgIpc) is 2.55. The highest BCUT2D eigenvalue weighted by Gasteiger charge is 2.41. The van der Waals surface area contributed by atoms with Gasteiger partial charge in [0.2, 0.25) is 5.91 Å². The molecule has 18 heavy (non-hydrogen) atoms. The van der Waals surface area contributed by atoms with E-state index >= 15 is 0 Å². The third-order valence-corrected chi connectivity index (χ3v) is 4.16. The van der Waals surface area contributed by atoms with Gasteiger partial charge in [0, 0.05) is 6.04 Å². The number of hydrogen-bond acceptors (Lipinski definition) is 3. The maximum atomic E-state index is 12.3. The molecule has 4 nitrogen and oxygen atoms in total. The van der Waals surface area contributed by atoms with Gasteiger partial charge in [-0.25, -0.2) is 0 Å².